The van der Waals surface area contributed by atoms with Crippen molar-refractivity contribution >= 4 is 11.9 Å². The van der Waals surface area contributed by atoms with Crippen molar-refractivity contribution in [2.45, 2.75) is 82.3 Å². The van der Waals surface area contributed by atoms with Crippen molar-refractivity contribution in [3.8, 4) is 0 Å². The molecular formula is C21H34NO4+. The molecule has 0 aromatic rings. The van der Waals surface area contributed by atoms with Crippen LogP contribution in [-0.4, -0.2) is 54.8 Å². The van der Waals surface area contributed by atoms with Crippen LogP contribution in [0.4, 0.5) is 0 Å². The lowest BCUT2D eigenvalue weighted by Gasteiger charge is -2.51. The van der Waals surface area contributed by atoms with Crippen LogP contribution in [0.1, 0.15) is 70.6 Å². The minimum absolute atomic E-state index is 0.187. The zero-order valence-electron chi connectivity index (χ0n) is 16.2. The number of piperidine rings is 2. The molecule has 4 unspecified atom stereocenters. The van der Waals surface area contributed by atoms with Gasteiger partial charge in [-0.2, -0.15) is 0 Å². The van der Waals surface area contributed by atoms with Gasteiger partial charge < -0.3 is 14.0 Å². The number of carbonyl (C=O) groups is 2. The molecule has 0 aromatic carbocycles. The van der Waals surface area contributed by atoms with E-state index in [2.05, 4.69) is 7.05 Å². The molecule has 4 aliphatic rings. The summed E-state index contributed by atoms with van der Waals surface area (Å²) in [5.74, 6) is -0.319. The molecule has 0 radical (unpaired) electrons. The number of esters is 2. The fourth-order valence-corrected chi connectivity index (χ4v) is 6.31. The quantitative estimate of drug-likeness (QED) is 0.570. The number of rotatable bonds is 3. The van der Waals surface area contributed by atoms with Gasteiger partial charge in [-0.15, -0.1) is 0 Å². The van der Waals surface area contributed by atoms with Gasteiger partial charge in [-0.1, -0.05) is 6.42 Å². The number of ether oxygens (including phenoxy) is 2. The minimum atomic E-state index is -0.561. The van der Waals surface area contributed by atoms with Gasteiger partial charge in [0.15, 0.2) is 0 Å². The molecule has 1 spiro atoms. The van der Waals surface area contributed by atoms with E-state index in [4.69, 9.17) is 9.47 Å². The minimum Gasteiger partial charge on any atom is -0.465 e. The van der Waals surface area contributed by atoms with E-state index in [-0.39, 0.29) is 24.3 Å². The molecule has 3 saturated heterocycles. The Morgan fingerprint density at radius 3 is 2.69 bits per heavy atom. The van der Waals surface area contributed by atoms with Crippen LogP contribution >= 0.6 is 0 Å². The Balaban J connectivity index is 1.39. The Kier molecular flexibility index (Phi) is 5.02. The van der Waals surface area contributed by atoms with Crippen molar-refractivity contribution in [1.29, 1.82) is 0 Å². The number of fused-ring (bicyclic) bond motifs is 1. The van der Waals surface area contributed by atoms with Gasteiger partial charge in [0.2, 0.25) is 0 Å². The second-order valence-electron chi connectivity index (χ2n) is 9.38. The summed E-state index contributed by atoms with van der Waals surface area (Å²) in [4.78, 5) is 24.8. The highest BCUT2D eigenvalue weighted by Crippen LogP contribution is 2.45. The second-order valence-corrected chi connectivity index (χ2v) is 9.38. The lowest BCUT2D eigenvalue weighted by Crippen LogP contribution is -2.61. The first-order valence-corrected chi connectivity index (χ1v) is 10.8. The lowest BCUT2D eigenvalue weighted by molar-refractivity contribution is -0.947. The summed E-state index contributed by atoms with van der Waals surface area (Å²) in [6.07, 6.45) is 11.4. The lowest BCUT2D eigenvalue weighted by atomic mass is 9.76. The molecular weight excluding hydrogens is 330 g/mol. The topological polar surface area (TPSA) is 52.6 Å². The Morgan fingerprint density at radius 2 is 1.88 bits per heavy atom. The Bertz CT molecular complexity index is 552. The van der Waals surface area contributed by atoms with Gasteiger partial charge in [-0.25, -0.2) is 0 Å². The molecule has 26 heavy (non-hydrogen) atoms. The van der Waals surface area contributed by atoms with Crippen LogP contribution in [0.15, 0.2) is 0 Å². The van der Waals surface area contributed by atoms with Gasteiger partial charge >= 0.3 is 11.9 Å². The molecule has 1 saturated carbocycles. The summed E-state index contributed by atoms with van der Waals surface area (Å²) < 4.78 is 12.7. The average Bonchev–Trinajstić information content (AvgIpc) is 2.95. The van der Waals surface area contributed by atoms with Crippen molar-refractivity contribution in [1.82, 2.24) is 0 Å². The standard InChI is InChI=1S/C21H34NO4/c1-22-12-6-3-9-18(22)16(8-7-13-22)15-25-20(24)17-14-19(23)26-21(17)10-4-2-5-11-21/h16-18H,2-15H2,1H3/q+1. The van der Waals surface area contributed by atoms with E-state index in [1.165, 1.54) is 45.2 Å². The molecule has 4 atom stereocenters. The number of nitrogens with zero attached hydrogens (tertiary/aromatic N) is 1. The number of carbonyl (C=O) groups excluding carboxylic acids is 2. The van der Waals surface area contributed by atoms with Gasteiger partial charge in [0.25, 0.3) is 0 Å². The number of hydrogen-bond donors (Lipinski definition) is 0. The molecule has 3 aliphatic heterocycles. The molecule has 5 heteroatoms. The van der Waals surface area contributed by atoms with Gasteiger partial charge in [-0.05, 0) is 51.4 Å². The van der Waals surface area contributed by atoms with E-state index in [9.17, 15) is 9.59 Å². The maximum Gasteiger partial charge on any atom is 0.313 e. The molecule has 1 aliphatic carbocycles. The normalized spacial score (nSPS) is 39.3. The van der Waals surface area contributed by atoms with Crippen molar-refractivity contribution in [2.75, 3.05) is 26.7 Å². The Hall–Kier alpha value is -1.10. The zero-order chi connectivity index (χ0) is 18.2. The third-order valence-electron chi connectivity index (χ3n) is 7.75. The third-order valence-corrected chi connectivity index (χ3v) is 7.75. The van der Waals surface area contributed by atoms with E-state index in [0.29, 0.717) is 18.6 Å². The summed E-state index contributed by atoms with van der Waals surface area (Å²) in [5.41, 5.74) is -0.561. The first-order chi connectivity index (χ1) is 12.5. The summed E-state index contributed by atoms with van der Waals surface area (Å²) >= 11 is 0. The van der Waals surface area contributed by atoms with Gasteiger partial charge in [0.1, 0.15) is 11.5 Å². The fourth-order valence-electron chi connectivity index (χ4n) is 6.31. The summed E-state index contributed by atoms with van der Waals surface area (Å²) in [5, 5.41) is 0. The molecule has 0 amide bonds. The summed E-state index contributed by atoms with van der Waals surface area (Å²) in [6, 6.07) is 0.635. The average molecular weight is 365 g/mol. The van der Waals surface area contributed by atoms with Gasteiger partial charge in [0, 0.05) is 12.3 Å². The van der Waals surface area contributed by atoms with Crippen LogP contribution < -0.4 is 0 Å². The van der Waals surface area contributed by atoms with Crippen molar-refractivity contribution in [3.05, 3.63) is 0 Å². The number of hydrogen-bond acceptors (Lipinski definition) is 4. The smallest absolute Gasteiger partial charge is 0.313 e. The van der Waals surface area contributed by atoms with Gasteiger partial charge in [-0.3, -0.25) is 9.59 Å². The van der Waals surface area contributed by atoms with Crippen molar-refractivity contribution in [3.63, 3.8) is 0 Å². The van der Waals surface area contributed by atoms with Crippen molar-refractivity contribution < 1.29 is 23.5 Å². The van der Waals surface area contributed by atoms with E-state index in [1.807, 2.05) is 0 Å². The third kappa shape index (κ3) is 3.28. The molecule has 0 aromatic heterocycles. The van der Waals surface area contributed by atoms with Crippen LogP contribution in [0.5, 0.6) is 0 Å². The molecule has 5 nitrogen and oxygen atoms in total. The predicted molar refractivity (Wildman–Crippen MR) is 97.3 cm³/mol. The summed E-state index contributed by atoms with van der Waals surface area (Å²) in [6.45, 7) is 3.06. The van der Waals surface area contributed by atoms with Crippen LogP contribution in [-0.2, 0) is 19.1 Å². The largest absolute Gasteiger partial charge is 0.465 e. The van der Waals surface area contributed by atoms with E-state index in [1.54, 1.807) is 0 Å². The van der Waals surface area contributed by atoms with E-state index in [0.717, 1.165) is 36.6 Å². The SMILES string of the molecule is C[N+]12CCCCC1C(COC(=O)C1CC(=O)OC13CCCCC3)CCC2. The Morgan fingerprint density at radius 1 is 1.12 bits per heavy atom. The van der Waals surface area contributed by atoms with Crippen molar-refractivity contribution in [2.24, 2.45) is 11.8 Å². The van der Waals surface area contributed by atoms with Crippen LogP contribution in [0.25, 0.3) is 0 Å². The second kappa shape index (κ2) is 7.14. The number of quaternary nitrogens is 1. The first kappa shape index (κ1) is 18.3. The molecule has 0 bridgehead atoms. The molecule has 4 rings (SSSR count). The molecule has 0 N–H and O–H groups in total. The highest BCUT2D eigenvalue weighted by Gasteiger charge is 2.54. The van der Waals surface area contributed by atoms with Gasteiger partial charge in [0.05, 0.1) is 39.2 Å². The fraction of sp³-hybridized carbons (Fsp3) is 0.905. The highest BCUT2D eigenvalue weighted by molar-refractivity contribution is 5.84. The van der Waals surface area contributed by atoms with Crippen LogP contribution in [0.2, 0.25) is 0 Å². The van der Waals surface area contributed by atoms with Crippen LogP contribution in [0.3, 0.4) is 0 Å². The zero-order valence-corrected chi connectivity index (χ0v) is 16.2. The molecule has 3 heterocycles. The van der Waals surface area contributed by atoms with E-state index < -0.39 is 5.60 Å². The monoisotopic (exact) mass is 364 g/mol. The van der Waals surface area contributed by atoms with E-state index >= 15 is 0 Å². The predicted octanol–water partition coefficient (Wildman–Crippen LogP) is 3.20. The maximum atomic E-state index is 12.9. The summed E-state index contributed by atoms with van der Waals surface area (Å²) in [7, 11) is 2.39. The van der Waals surface area contributed by atoms with Crippen LogP contribution in [0, 0.1) is 11.8 Å². The Labute approximate surface area is 157 Å². The first-order valence-electron chi connectivity index (χ1n) is 10.8. The molecule has 146 valence electrons. The highest BCUT2D eigenvalue weighted by atomic mass is 16.6. The maximum absolute atomic E-state index is 12.9. The molecule has 4 fully saturated rings.